The number of nitriles is 1. The molecule has 0 bridgehead atoms. The number of rotatable bonds is 2. The van der Waals surface area contributed by atoms with E-state index in [1.807, 2.05) is 23.0 Å². The van der Waals surface area contributed by atoms with Crippen LogP contribution in [-0.2, 0) is 13.0 Å². The number of hydrogen-bond donors (Lipinski definition) is 1. The molecule has 1 aliphatic heterocycles. The number of aromatic nitrogens is 5. The molecule has 1 atom stereocenters. The van der Waals surface area contributed by atoms with Crippen molar-refractivity contribution in [3.63, 3.8) is 0 Å². The first kappa shape index (κ1) is 12.8. The Morgan fingerprint density at radius 3 is 3.23 bits per heavy atom. The topological polar surface area (TPSA) is 86.4 Å². The summed E-state index contributed by atoms with van der Waals surface area (Å²) in [6, 6.07) is 6.29. The van der Waals surface area contributed by atoms with E-state index in [4.69, 9.17) is 5.26 Å². The Hall–Kier alpha value is -2.88. The Bertz CT molecular complexity index is 870. The van der Waals surface area contributed by atoms with Crippen LogP contribution in [0.4, 0.5) is 5.82 Å². The zero-order chi connectivity index (χ0) is 15.1. The highest BCUT2D eigenvalue weighted by Crippen LogP contribution is 2.26. The van der Waals surface area contributed by atoms with E-state index in [1.54, 1.807) is 6.33 Å². The van der Waals surface area contributed by atoms with Crippen molar-refractivity contribution in [2.24, 2.45) is 0 Å². The summed E-state index contributed by atoms with van der Waals surface area (Å²) in [4.78, 5) is 14.0. The fraction of sp³-hybridized carbons (Fsp3) is 0.333. The molecule has 0 amide bonds. The maximum atomic E-state index is 8.98. The number of hydrogen-bond acceptors (Lipinski definition) is 5. The summed E-state index contributed by atoms with van der Waals surface area (Å²) in [7, 11) is 2.05. The molecule has 0 saturated heterocycles. The molecule has 7 heteroatoms. The molecule has 0 fully saturated rings. The van der Waals surface area contributed by atoms with E-state index in [1.165, 1.54) is 0 Å². The summed E-state index contributed by atoms with van der Waals surface area (Å²) in [5, 5.41) is 14.3. The average Bonchev–Trinajstić information content (AvgIpc) is 3.18. The van der Waals surface area contributed by atoms with Gasteiger partial charge in [0.25, 0.3) is 0 Å². The molecule has 4 heterocycles. The first-order valence-electron chi connectivity index (χ1n) is 7.24. The number of nitrogens with zero attached hydrogens (tertiary/aromatic N) is 6. The van der Waals surface area contributed by atoms with Crippen LogP contribution in [0.15, 0.2) is 24.7 Å². The minimum Gasteiger partial charge on any atom is -0.354 e. The molecule has 7 nitrogen and oxygen atoms in total. The van der Waals surface area contributed by atoms with Crippen LogP contribution in [0.3, 0.4) is 0 Å². The molecule has 1 aliphatic rings. The van der Waals surface area contributed by atoms with E-state index < -0.39 is 0 Å². The number of anilines is 1. The Morgan fingerprint density at radius 2 is 2.36 bits per heavy atom. The van der Waals surface area contributed by atoms with Gasteiger partial charge in [0.05, 0.1) is 18.0 Å². The van der Waals surface area contributed by atoms with Crippen LogP contribution in [0.1, 0.15) is 17.8 Å². The lowest BCUT2D eigenvalue weighted by atomic mass is 10.0. The molecule has 1 unspecified atom stereocenters. The van der Waals surface area contributed by atoms with Crippen LogP contribution < -0.4 is 4.90 Å². The number of likely N-dealkylation sites (N-methyl/N-ethyl adjacent to an activating group) is 1. The van der Waals surface area contributed by atoms with Crippen molar-refractivity contribution in [3.8, 4) is 6.07 Å². The molecular weight excluding hydrogens is 278 g/mol. The van der Waals surface area contributed by atoms with Gasteiger partial charge in [-0.1, -0.05) is 0 Å². The zero-order valence-corrected chi connectivity index (χ0v) is 12.2. The summed E-state index contributed by atoms with van der Waals surface area (Å²) in [6.45, 7) is 0.767. The molecular formula is C15H15N7. The summed E-state index contributed by atoms with van der Waals surface area (Å²) >= 11 is 0. The van der Waals surface area contributed by atoms with E-state index in [-0.39, 0.29) is 0 Å². The quantitative estimate of drug-likeness (QED) is 0.773. The van der Waals surface area contributed by atoms with Crippen LogP contribution in [0.5, 0.6) is 0 Å². The Balaban J connectivity index is 1.65. The second kappa shape index (κ2) is 4.84. The number of fused-ring (bicyclic) bond motifs is 2. The van der Waals surface area contributed by atoms with Gasteiger partial charge in [0.1, 0.15) is 23.9 Å². The molecule has 0 aliphatic carbocycles. The van der Waals surface area contributed by atoms with Crippen molar-refractivity contribution in [3.05, 3.63) is 36.0 Å². The van der Waals surface area contributed by atoms with Crippen LogP contribution in [0.2, 0.25) is 0 Å². The zero-order valence-electron chi connectivity index (χ0n) is 12.2. The Kier molecular flexibility index (Phi) is 2.82. The molecule has 4 rings (SSSR count). The summed E-state index contributed by atoms with van der Waals surface area (Å²) < 4.78 is 1.94. The van der Waals surface area contributed by atoms with Gasteiger partial charge >= 0.3 is 0 Å². The number of nitrogens with one attached hydrogen (secondary N) is 1. The number of aryl methyl sites for hydroxylation is 1. The van der Waals surface area contributed by atoms with E-state index in [9.17, 15) is 0 Å². The SMILES string of the molecule is CN(c1ncnc2[nH]ccc12)C1CCc2cc(C#N)nn2C1. The second-order valence-electron chi connectivity index (χ2n) is 5.56. The fourth-order valence-electron chi connectivity index (χ4n) is 3.10. The van der Waals surface area contributed by atoms with Crippen LogP contribution in [-0.4, -0.2) is 37.8 Å². The lowest BCUT2D eigenvalue weighted by Crippen LogP contribution is -2.39. The first-order chi connectivity index (χ1) is 10.8. The minimum absolute atomic E-state index is 0.298. The fourth-order valence-corrected chi connectivity index (χ4v) is 3.10. The van der Waals surface area contributed by atoms with Crippen molar-refractivity contribution in [1.82, 2.24) is 24.7 Å². The molecule has 3 aromatic rings. The Labute approximate surface area is 127 Å². The third-order valence-corrected chi connectivity index (χ3v) is 4.31. The van der Waals surface area contributed by atoms with Gasteiger partial charge in [-0.25, -0.2) is 9.97 Å². The standard InChI is InChI=1S/C15H15N7/c1-21(15-13-4-5-17-14(13)18-9-19-15)12-3-2-11-6-10(7-16)20-22(11)8-12/h4-6,9,12H,2-3,8H2,1H3,(H,17,18,19). The summed E-state index contributed by atoms with van der Waals surface area (Å²) in [6.07, 6.45) is 5.40. The van der Waals surface area contributed by atoms with Crippen LogP contribution in [0, 0.1) is 11.3 Å². The Morgan fingerprint density at radius 1 is 1.45 bits per heavy atom. The monoisotopic (exact) mass is 293 g/mol. The van der Waals surface area contributed by atoms with Crippen molar-refractivity contribution < 1.29 is 0 Å². The third kappa shape index (κ3) is 1.92. The molecule has 3 aromatic heterocycles. The van der Waals surface area contributed by atoms with E-state index in [2.05, 4.69) is 38.1 Å². The van der Waals surface area contributed by atoms with Crippen LogP contribution >= 0.6 is 0 Å². The molecule has 0 radical (unpaired) electrons. The van der Waals surface area contributed by atoms with Crippen molar-refractivity contribution in [2.75, 3.05) is 11.9 Å². The highest BCUT2D eigenvalue weighted by molar-refractivity contribution is 5.87. The van der Waals surface area contributed by atoms with Crippen molar-refractivity contribution in [1.29, 1.82) is 5.26 Å². The number of H-pyrrole nitrogens is 1. The predicted molar refractivity (Wildman–Crippen MR) is 81.3 cm³/mol. The van der Waals surface area contributed by atoms with Gasteiger partial charge in [0.2, 0.25) is 0 Å². The third-order valence-electron chi connectivity index (χ3n) is 4.31. The minimum atomic E-state index is 0.298. The largest absolute Gasteiger partial charge is 0.354 e. The van der Waals surface area contributed by atoms with E-state index in [0.717, 1.165) is 41.9 Å². The van der Waals surface area contributed by atoms with Gasteiger partial charge in [-0.2, -0.15) is 10.4 Å². The molecule has 0 saturated carbocycles. The van der Waals surface area contributed by atoms with Gasteiger partial charge in [0.15, 0.2) is 5.69 Å². The molecule has 1 N–H and O–H groups in total. The van der Waals surface area contributed by atoms with Gasteiger partial charge in [-0.3, -0.25) is 4.68 Å². The van der Waals surface area contributed by atoms with Crippen molar-refractivity contribution in [2.45, 2.75) is 25.4 Å². The van der Waals surface area contributed by atoms with Crippen molar-refractivity contribution >= 4 is 16.9 Å². The van der Waals surface area contributed by atoms with Gasteiger partial charge in [-0.15, -0.1) is 0 Å². The highest BCUT2D eigenvalue weighted by atomic mass is 15.3. The van der Waals surface area contributed by atoms with Gasteiger partial charge in [0, 0.05) is 18.9 Å². The smallest absolute Gasteiger partial charge is 0.162 e. The van der Waals surface area contributed by atoms with Gasteiger partial charge in [-0.05, 0) is 25.0 Å². The molecule has 0 spiro atoms. The lowest BCUT2D eigenvalue weighted by Gasteiger charge is -2.32. The lowest BCUT2D eigenvalue weighted by molar-refractivity contribution is 0.412. The van der Waals surface area contributed by atoms with Gasteiger partial charge < -0.3 is 9.88 Å². The molecule has 22 heavy (non-hydrogen) atoms. The predicted octanol–water partition coefficient (Wildman–Crippen LogP) is 1.48. The normalized spacial score (nSPS) is 17.2. The maximum absolute atomic E-state index is 8.98. The maximum Gasteiger partial charge on any atom is 0.162 e. The average molecular weight is 293 g/mol. The molecule has 110 valence electrons. The van der Waals surface area contributed by atoms with E-state index >= 15 is 0 Å². The summed E-state index contributed by atoms with van der Waals surface area (Å²) in [5.74, 6) is 0.923. The second-order valence-corrected chi connectivity index (χ2v) is 5.56. The van der Waals surface area contributed by atoms with E-state index in [0.29, 0.717) is 11.7 Å². The highest BCUT2D eigenvalue weighted by Gasteiger charge is 2.25. The summed E-state index contributed by atoms with van der Waals surface area (Å²) in [5.41, 5.74) is 2.48. The van der Waals surface area contributed by atoms with Crippen LogP contribution in [0.25, 0.3) is 11.0 Å². The number of aromatic amines is 1. The first-order valence-corrected chi connectivity index (χ1v) is 7.24. The molecule has 0 aromatic carbocycles.